The van der Waals surface area contributed by atoms with Gasteiger partial charge in [-0.25, -0.2) is 4.79 Å². The lowest BCUT2D eigenvalue weighted by atomic mass is 9.72. The maximum absolute atomic E-state index is 12.9. The van der Waals surface area contributed by atoms with E-state index < -0.39 is 0 Å². The van der Waals surface area contributed by atoms with Crippen LogP contribution in [0.5, 0.6) is 11.5 Å². The topological polar surface area (TPSA) is 86.6 Å². The quantitative estimate of drug-likeness (QED) is 0.439. The van der Waals surface area contributed by atoms with Gasteiger partial charge in [0, 0.05) is 30.3 Å². The largest absolute Gasteiger partial charge is 0.454 e. The van der Waals surface area contributed by atoms with Crippen LogP contribution in [-0.2, 0) is 5.41 Å². The molecule has 2 heterocycles. The van der Waals surface area contributed by atoms with Gasteiger partial charge in [0.15, 0.2) is 11.5 Å². The summed E-state index contributed by atoms with van der Waals surface area (Å²) < 4.78 is 10.8. The normalized spacial score (nSPS) is 18.0. The van der Waals surface area contributed by atoms with E-state index in [4.69, 9.17) is 9.47 Å². The zero-order valence-electron chi connectivity index (χ0n) is 21.4. The molecule has 0 radical (unpaired) electrons. The summed E-state index contributed by atoms with van der Waals surface area (Å²) in [5.41, 5.74) is 4.55. The van der Waals surface area contributed by atoms with Crippen molar-refractivity contribution in [3.05, 3.63) is 77.9 Å². The first-order valence-corrected chi connectivity index (χ1v) is 13.4. The number of hydrogen-bond donors (Lipinski definition) is 2. The van der Waals surface area contributed by atoms with Gasteiger partial charge in [-0.15, -0.1) is 0 Å². The molecule has 2 aliphatic heterocycles. The minimum atomic E-state index is -0.228. The lowest BCUT2D eigenvalue weighted by molar-refractivity contribution is 0.152. The third kappa shape index (κ3) is 5.32. The van der Waals surface area contributed by atoms with Crippen LogP contribution >= 0.6 is 0 Å². The Labute approximate surface area is 223 Å². The van der Waals surface area contributed by atoms with Gasteiger partial charge in [-0.3, -0.25) is 0 Å². The maximum Gasteiger partial charge on any atom is 0.319 e. The van der Waals surface area contributed by atoms with Crippen molar-refractivity contribution < 1.29 is 14.3 Å². The van der Waals surface area contributed by atoms with E-state index in [2.05, 4.69) is 45.9 Å². The van der Waals surface area contributed by atoms with Crippen molar-refractivity contribution in [1.29, 1.82) is 5.26 Å². The first-order chi connectivity index (χ1) is 18.6. The molecule has 38 heavy (non-hydrogen) atoms. The highest BCUT2D eigenvalue weighted by Crippen LogP contribution is 2.38. The predicted octanol–water partition coefficient (Wildman–Crippen LogP) is 5.52. The Morgan fingerprint density at radius 3 is 2.53 bits per heavy atom. The van der Waals surface area contributed by atoms with E-state index in [9.17, 15) is 10.1 Å². The number of nitriles is 1. The van der Waals surface area contributed by atoms with Crippen molar-refractivity contribution in [2.75, 3.05) is 38.3 Å². The zero-order valence-corrected chi connectivity index (χ0v) is 21.4. The van der Waals surface area contributed by atoms with Crippen molar-refractivity contribution in [3.63, 3.8) is 0 Å². The van der Waals surface area contributed by atoms with Crippen LogP contribution in [0.3, 0.4) is 0 Å². The first kappa shape index (κ1) is 24.3. The summed E-state index contributed by atoms with van der Waals surface area (Å²) in [6.45, 7) is 4.03. The Bertz CT molecular complexity index is 1350. The number of rotatable bonds is 7. The molecule has 1 saturated carbocycles. The standard InChI is InChI=1S/C31H32N4O3/c32-18-23-2-1-3-25(16-23)24-6-8-26(9-7-24)31(12-14-35(15-13-31)19-22-4-5-22)20-33-30(36)34-27-10-11-28-29(17-27)38-21-37-28/h1-3,6-11,16-17,22H,4-5,12-15,19-21H2,(H2,33,34,36). The van der Waals surface area contributed by atoms with Gasteiger partial charge in [-0.2, -0.15) is 5.26 Å². The van der Waals surface area contributed by atoms with Gasteiger partial charge in [0.25, 0.3) is 0 Å². The lowest BCUT2D eigenvalue weighted by Gasteiger charge is -2.42. The molecule has 0 spiro atoms. The van der Waals surface area contributed by atoms with Gasteiger partial charge < -0.3 is 25.0 Å². The number of fused-ring (bicyclic) bond motifs is 1. The van der Waals surface area contributed by atoms with Crippen LogP contribution in [0.2, 0.25) is 0 Å². The smallest absolute Gasteiger partial charge is 0.319 e. The van der Waals surface area contributed by atoms with E-state index in [1.807, 2.05) is 36.4 Å². The van der Waals surface area contributed by atoms with Crippen LogP contribution in [0.15, 0.2) is 66.7 Å². The van der Waals surface area contributed by atoms with Crippen LogP contribution in [-0.4, -0.2) is 43.9 Å². The van der Waals surface area contributed by atoms with Crippen molar-refractivity contribution in [2.45, 2.75) is 31.1 Å². The van der Waals surface area contributed by atoms with Crippen molar-refractivity contribution in [2.24, 2.45) is 5.92 Å². The Hall–Kier alpha value is -4.02. The third-order valence-electron chi connectivity index (χ3n) is 8.07. The molecular weight excluding hydrogens is 476 g/mol. The number of nitrogens with one attached hydrogen (secondary N) is 2. The number of anilines is 1. The number of carbonyl (C=O) groups is 1. The number of likely N-dealkylation sites (tertiary alicyclic amines) is 1. The monoisotopic (exact) mass is 508 g/mol. The van der Waals surface area contributed by atoms with Crippen LogP contribution in [0, 0.1) is 17.2 Å². The molecule has 3 aromatic rings. The minimum Gasteiger partial charge on any atom is -0.454 e. The highest BCUT2D eigenvalue weighted by Gasteiger charge is 2.38. The molecule has 0 atom stereocenters. The molecule has 2 fully saturated rings. The van der Waals surface area contributed by atoms with Gasteiger partial charge in [0.1, 0.15) is 0 Å². The van der Waals surface area contributed by atoms with Crippen molar-refractivity contribution in [3.8, 4) is 28.7 Å². The number of hydrogen-bond acceptors (Lipinski definition) is 5. The average molecular weight is 509 g/mol. The van der Waals surface area contributed by atoms with Gasteiger partial charge in [-0.1, -0.05) is 36.4 Å². The Balaban J connectivity index is 1.17. The summed E-state index contributed by atoms with van der Waals surface area (Å²) in [5.74, 6) is 2.20. The molecular formula is C31H32N4O3. The number of benzene rings is 3. The Morgan fingerprint density at radius 2 is 1.76 bits per heavy atom. The lowest BCUT2D eigenvalue weighted by Crippen LogP contribution is -2.50. The van der Waals surface area contributed by atoms with Crippen LogP contribution in [0.1, 0.15) is 36.8 Å². The number of amides is 2. The van der Waals surface area contributed by atoms with Crippen molar-refractivity contribution >= 4 is 11.7 Å². The summed E-state index contributed by atoms with van der Waals surface area (Å²) in [6.07, 6.45) is 4.70. The van der Waals surface area contributed by atoms with Crippen molar-refractivity contribution in [1.82, 2.24) is 10.2 Å². The Kier molecular flexibility index (Phi) is 6.65. The molecule has 1 aliphatic carbocycles. The summed E-state index contributed by atoms with van der Waals surface area (Å²) in [4.78, 5) is 15.5. The SMILES string of the molecule is N#Cc1cccc(-c2ccc(C3(CNC(=O)Nc4ccc5c(c4)OCO5)CCN(CC4CC4)CC3)cc2)c1. The third-order valence-corrected chi connectivity index (χ3v) is 8.07. The van der Waals surface area contributed by atoms with Crippen LogP contribution in [0.25, 0.3) is 11.1 Å². The fourth-order valence-electron chi connectivity index (χ4n) is 5.58. The molecule has 0 aromatic heterocycles. The van der Waals surface area contributed by atoms with E-state index in [0.717, 1.165) is 43.0 Å². The fraction of sp³-hybridized carbons (Fsp3) is 0.355. The second-order valence-electron chi connectivity index (χ2n) is 10.7. The van der Waals surface area contributed by atoms with Crippen LogP contribution < -0.4 is 20.1 Å². The summed E-state index contributed by atoms with van der Waals surface area (Å²) >= 11 is 0. The Morgan fingerprint density at radius 1 is 0.974 bits per heavy atom. The molecule has 3 aliphatic rings. The van der Waals surface area contributed by atoms with Gasteiger partial charge in [-0.05, 0) is 85.6 Å². The highest BCUT2D eigenvalue weighted by molar-refractivity contribution is 5.89. The first-order valence-electron chi connectivity index (χ1n) is 13.4. The second kappa shape index (κ2) is 10.4. The van der Waals surface area contributed by atoms with Crippen LogP contribution in [0.4, 0.5) is 10.5 Å². The highest BCUT2D eigenvalue weighted by atomic mass is 16.7. The van der Waals surface area contributed by atoms with E-state index in [-0.39, 0.29) is 18.2 Å². The minimum absolute atomic E-state index is 0.140. The molecule has 3 aromatic carbocycles. The molecule has 2 amide bonds. The van der Waals surface area contributed by atoms with Gasteiger partial charge >= 0.3 is 6.03 Å². The summed E-state index contributed by atoms with van der Waals surface area (Å²) in [5, 5.41) is 15.4. The zero-order chi connectivity index (χ0) is 26.0. The number of ether oxygens (including phenoxy) is 2. The van der Waals surface area contributed by atoms with E-state index in [0.29, 0.717) is 29.3 Å². The molecule has 2 N–H and O–H groups in total. The molecule has 7 heteroatoms. The second-order valence-corrected chi connectivity index (χ2v) is 10.7. The average Bonchev–Trinajstić information content (AvgIpc) is 3.66. The van der Waals surface area contributed by atoms with Gasteiger partial charge in [0.2, 0.25) is 6.79 Å². The molecule has 1 saturated heterocycles. The molecule has 194 valence electrons. The fourth-order valence-corrected chi connectivity index (χ4v) is 5.58. The number of urea groups is 1. The molecule has 0 bridgehead atoms. The van der Waals surface area contributed by atoms with E-state index >= 15 is 0 Å². The predicted molar refractivity (Wildman–Crippen MR) is 146 cm³/mol. The number of carbonyl (C=O) groups excluding carboxylic acids is 1. The van der Waals surface area contributed by atoms with Gasteiger partial charge in [0.05, 0.1) is 11.6 Å². The number of nitrogens with zero attached hydrogens (tertiary/aromatic N) is 2. The molecule has 7 nitrogen and oxygen atoms in total. The molecule has 6 rings (SSSR count). The number of piperidine rings is 1. The molecule has 0 unspecified atom stereocenters. The van der Waals surface area contributed by atoms with E-state index in [1.165, 1.54) is 24.9 Å². The van der Waals surface area contributed by atoms with E-state index in [1.54, 1.807) is 6.07 Å². The summed E-state index contributed by atoms with van der Waals surface area (Å²) in [6, 6.07) is 23.8. The summed E-state index contributed by atoms with van der Waals surface area (Å²) in [7, 11) is 0. The maximum atomic E-state index is 12.9.